The highest BCUT2D eigenvalue weighted by molar-refractivity contribution is 5.86. The van der Waals surface area contributed by atoms with Crippen molar-refractivity contribution in [2.45, 2.75) is 45.2 Å². The van der Waals surface area contributed by atoms with E-state index in [0.29, 0.717) is 19.4 Å². The number of carbonyl (C=O) groups is 2. The van der Waals surface area contributed by atoms with Crippen molar-refractivity contribution in [3.05, 3.63) is 35.9 Å². The molecule has 0 aliphatic rings. The maximum absolute atomic E-state index is 12.4. The van der Waals surface area contributed by atoms with Crippen molar-refractivity contribution in [1.29, 1.82) is 0 Å². The Morgan fingerprint density at radius 1 is 1.17 bits per heavy atom. The van der Waals surface area contributed by atoms with Gasteiger partial charge >= 0.3 is 0 Å². The molecule has 132 valence electrons. The van der Waals surface area contributed by atoms with E-state index in [1.54, 1.807) is 0 Å². The molecule has 1 aromatic carbocycles. The fourth-order valence-corrected chi connectivity index (χ4v) is 2.38. The average Bonchev–Trinajstić information content (AvgIpc) is 2.50. The molecule has 0 saturated heterocycles. The van der Waals surface area contributed by atoms with Gasteiger partial charge in [-0.25, -0.2) is 0 Å². The van der Waals surface area contributed by atoms with E-state index >= 15 is 0 Å². The summed E-state index contributed by atoms with van der Waals surface area (Å²) in [7, 11) is 0. The Hall–Kier alpha value is -2.57. The first kappa shape index (κ1) is 19.5. The standard InChI is InChI=1S/C17H27N5O2/c1-12(11-14-7-4-3-5-8-14)21-16(24)15(22-13(2)23)9-6-10-20-17(18)19/h3-5,7-8,12,15H,6,9-11H2,1-2H3,(H,21,24)(H,22,23)(H4,18,19,20)/t12-,15?/m1/s1. The molecule has 7 nitrogen and oxygen atoms in total. The first-order chi connectivity index (χ1) is 11.4. The summed E-state index contributed by atoms with van der Waals surface area (Å²) in [6, 6.07) is 9.30. The summed E-state index contributed by atoms with van der Waals surface area (Å²) >= 11 is 0. The van der Waals surface area contributed by atoms with Crippen molar-refractivity contribution in [3.63, 3.8) is 0 Å². The number of rotatable bonds is 9. The van der Waals surface area contributed by atoms with Crippen molar-refractivity contribution in [1.82, 2.24) is 10.6 Å². The quantitative estimate of drug-likeness (QED) is 0.295. The second-order valence-corrected chi connectivity index (χ2v) is 5.80. The lowest BCUT2D eigenvalue weighted by atomic mass is 10.1. The van der Waals surface area contributed by atoms with Crippen LogP contribution in [0.3, 0.4) is 0 Å². The Balaban J connectivity index is 2.53. The number of guanidine groups is 1. The summed E-state index contributed by atoms with van der Waals surface area (Å²) in [5.41, 5.74) is 11.7. The number of nitrogens with zero attached hydrogens (tertiary/aromatic N) is 1. The van der Waals surface area contributed by atoms with Crippen LogP contribution in [0.4, 0.5) is 0 Å². The summed E-state index contributed by atoms with van der Waals surface area (Å²) in [5.74, 6) is -0.418. The molecule has 7 heteroatoms. The molecule has 0 bridgehead atoms. The summed E-state index contributed by atoms with van der Waals surface area (Å²) in [6.07, 6.45) is 1.80. The van der Waals surface area contributed by atoms with Gasteiger partial charge in [0.1, 0.15) is 6.04 Å². The highest BCUT2D eigenvalue weighted by Crippen LogP contribution is 2.04. The fourth-order valence-electron chi connectivity index (χ4n) is 2.38. The van der Waals surface area contributed by atoms with Gasteiger partial charge in [-0.3, -0.25) is 14.6 Å². The molecule has 0 aliphatic carbocycles. The normalized spacial score (nSPS) is 12.8. The number of benzene rings is 1. The summed E-state index contributed by atoms with van der Waals surface area (Å²) in [5, 5.41) is 5.62. The van der Waals surface area contributed by atoms with Crippen molar-refractivity contribution < 1.29 is 9.59 Å². The lowest BCUT2D eigenvalue weighted by Crippen LogP contribution is -2.49. The number of nitrogens with one attached hydrogen (secondary N) is 2. The highest BCUT2D eigenvalue weighted by Gasteiger charge is 2.20. The minimum absolute atomic E-state index is 0.0204. The van der Waals surface area contributed by atoms with Gasteiger partial charge in [0, 0.05) is 19.5 Å². The summed E-state index contributed by atoms with van der Waals surface area (Å²) < 4.78 is 0. The molecule has 2 atom stereocenters. The maximum Gasteiger partial charge on any atom is 0.242 e. The van der Waals surface area contributed by atoms with Crippen molar-refractivity contribution in [3.8, 4) is 0 Å². The third kappa shape index (κ3) is 8.17. The van der Waals surface area contributed by atoms with Crippen LogP contribution in [0.2, 0.25) is 0 Å². The van der Waals surface area contributed by atoms with E-state index in [0.717, 1.165) is 12.0 Å². The first-order valence-electron chi connectivity index (χ1n) is 8.05. The van der Waals surface area contributed by atoms with Gasteiger partial charge in [-0.2, -0.15) is 0 Å². The summed E-state index contributed by atoms with van der Waals surface area (Å²) in [4.78, 5) is 27.6. The number of aliphatic imine (C=N–C) groups is 1. The Labute approximate surface area is 142 Å². The number of hydrogen-bond acceptors (Lipinski definition) is 3. The lowest BCUT2D eigenvalue weighted by Gasteiger charge is -2.21. The SMILES string of the molecule is CC(=O)NC(CCCN=C(N)N)C(=O)N[C@H](C)Cc1ccccc1. The lowest BCUT2D eigenvalue weighted by molar-refractivity contribution is -0.128. The van der Waals surface area contributed by atoms with Crippen LogP contribution in [0, 0.1) is 0 Å². The van der Waals surface area contributed by atoms with Gasteiger partial charge < -0.3 is 22.1 Å². The second-order valence-electron chi connectivity index (χ2n) is 5.80. The predicted molar refractivity (Wildman–Crippen MR) is 95.3 cm³/mol. The summed E-state index contributed by atoms with van der Waals surface area (Å²) in [6.45, 7) is 3.75. The van der Waals surface area contributed by atoms with E-state index in [1.165, 1.54) is 6.92 Å². The van der Waals surface area contributed by atoms with E-state index in [2.05, 4.69) is 15.6 Å². The third-order valence-electron chi connectivity index (χ3n) is 3.41. The molecule has 0 radical (unpaired) electrons. The van der Waals surface area contributed by atoms with Gasteiger partial charge in [0.05, 0.1) is 0 Å². The molecule has 0 aromatic heterocycles. The monoisotopic (exact) mass is 333 g/mol. The van der Waals surface area contributed by atoms with Crippen molar-refractivity contribution in [2.75, 3.05) is 6.54 Å². The van der Waals surface area contributed by atoms with Crippen LogP contribution in [0.15, 0.2) is 35.3 Å². The molecule has 2 amide bonds. The van der Waals surface area contributed by atoms with Crippen LogP contribution >= 0.6 is 0 Å². The van der Waals surface area contributed by atoms with E-state index in [1.807, 2.05) is 37.3 Å². The smallest absolute Gasteiger partial charge is 0.242 e. The minimum atomic E-state index is -0.588. The zero-order valence-corrected chi connectivity index (χ0v) is 14.3. The number of amides is 2. The topological polar surface area (TPSA) is 123 Å². The van der Waals surface area contributed by atoms with E-state index in [4.69, 9.17) is 11.5 Å². The van der Waals surface area contributed by atoms with E-state index in [-0.39, 0.29) is 23.8 Å². The highest BCUT2D eigenvalue weighted by atomic mass is 16.2. The van der Waals surface area contributed by atoms with Gasteiger partial charge in [0.2, 0.25) is 11.8 Å². The Morgan fingerprint density at radius 2 is 1.83 bits per heavy atom. The van der Waals surface area contributed by atoms with Crippen LogP contribution in [0.5, 0.6) is 0 Å². The van der Waals surface area contributed by atoms with Crippen molar-refractivity contribution in [2.24, 2.45) is 16.5 Å². The number of hydrogen-bond donors (Lipinski definition) is 4. The number of nitrogens with two attached hydrogens (primary N) is 2. The predicted octanol–water partition coefficient (Wildman–Crippen LogP) is 0.292. The third-order valence-corrected chi connectivity index (χ3v) is 3.41. The first-order valence-corrected chi connectivity index (χ1v) is 8.05. The largest absolute Gasteiger partial charge is 0.370 e. The van der Waals surface area contributed by atoms with E-state index < -0.39 is 6.04 Å². The Morgan fingerprint density at radius 3 is 2.42 bits per heavy atom. The second kappa shape index (κ2) is 10.3. The van der Waals surface area contributed by atoms with Gasteiger partial charge in [-0.15, -0.1) is 0 Å². The molecule has 0 saturated carbocycles. The van der Waals surface area contributed by atoms with Crippen LogP contribution in [-0.2, 0) is 16.0 Å². The van der Waals surface area contributed by atoms with Gasteiger partial charge in [0.25, 0.3) is 0 Å². The molecule has 6 N–H and O–H groups in total. The van der Waals surface area contributed by atoms with Gasteiger partial charge in [-0.1, -0.05) is 30.3 Å². The van der Waals surface area contributed by atoms with E-state index in [9.17, 15) is 9.59 Å². The van der Waals surface area contributed by atoms with Crippen LogP contribution < -0.4 is 22.1 Å². The molecule has 0 fully saturated rings. The number of carbonyl (C=O) groups excluding carboxylic acids is 2. The molecule has 0 heterocycles. The minimum Gasteiger partial charge on any atom is -0.370 e. The molecule has 1 aromatic rings. The van der Waals surface area contributed by atoms with Crippen molar-refractivity contribution >= 4 is 17.8 Å². The molecule has 1 unspecified atom stereocenters. The zero-order valence-electron chi connectivity index (χ0n) is 14.3. The molecular formula is C17H27N5O2. The molecule has 0 spiro atoms. The molecular weight excluding hydrogens is 306 g/mol. The molecule has 24 heavy (non-hydrogen) atoms. The Bertz CT molecular complexity index is 555. The van der Waals surface area contributed by atoms with Crippen LogP contribution in [-0.4, -0.2) is 36.4 Å². The maximum atomic E-state index is 12.4. The van der Waals surface area contributed by atoms with Crippen LogP contribution in [0.1, 0.15) is 32.3 Å². The zero-order chi connectivity index (χ0) is 17.9. The average molecular weight is 333 g/mol. The fraction of sp³-hybridized carbons (Fsp3) is 0.471. The van der Waals surface area contributed by atoms with Gasteiger partial charge in [0.15, 0.2) is 5.96 Å². The molecule has 0 aliphatic heterocycles. The van der Waals surface area contributed by atoms with Crippen LogP contribution in [0.25, 0.3) is 0 Å². The van der Waals surface area contributed by atoms with Gasteiger partial charge in [-0.05, 0) is 31.7 Å². The molecule has 1 rings (SSSR count). The Kier molecular flexibility index (Phi) is 8.32.